The van der Waals surface area contributed by atoms with Crippen molar-refractivity contribution in [3.8, 4) is 0 Å². The van der Waals surface area contributed by atoms with Crippen LogP contribution >= 0.6 is 0 Å². The van der Waals surface area contributed by atoms with Crippen LogP contribution in [0, 0.1) is 0 Å². The number of carbonyl (C=O) groups is 2. The van der Waals surface area contributed by atoms with E-state index in [9.17, 15) is 9.59 Å². The zero-order valence-corrected chi connectivity index (χ0v) is 9.64. The van der Waals surface area contributed by atoms with Crippen LogP contribution in [-0.4, -0.2) is 42.2 Å². The second kappa shape index (κ2) is 5.81. The van der Waals surface area contributed by atoms with Gasteiger partial charge in [0, 0.05) is 6.04 Å². The maximum absolute atomic E-state index is 11.6. The van der Waals surface area contributed by atoms with Crippen LogP contribution in [0.4, 0.5) is 0 Å². The van der Waals surface area contributed by atoms with E-state index in [1.807, 2.05) is 0 Å². The Labute approximate surface area is 94.6 Å². The van der Waals surface area contributed by atoms with Crippen molar-refractivity contribution in [1.29, 1.82) is 0 Å². The fourth-order valence-corrected chi connectivity index (χ4v) is 1.37. The van der Waals surface area contributed by atoms with Crippen LogP contribution in [0.1, 0.15) is 26.7 Å². The van der Waals surface area contributed by atoms with E-state index in [-0.39, 0.29) is 19.3 Å². The summed E-state index contributed by atoms with van der Waals surface area (Å²) in [6.07, 6.45) is 1.79. The van der Waals surface area contributed by atoms with Gasteiger partial charge >= 0.3 is 11.9 Å². The van der Waals surface area contributed by atoms with Gasteiger partial charge in [-0.15, -0.1) is 0 Å². The Morgan fingerprint density at radius 2 is 1.69 bits per heavy atom. The van der Waals surface area contributed by atoms with E-state index in [1.54, 1.807) is 13.8 Å². The Kier molecular flexibility index (Phi) is 4.70. The summed E-state index contributed by atoms with van der Waals surface area (Å²) >= 11 is 0. The second-order valence-corrected chi connectivity index (χ2v) is 3.59. The molecule has 0 aliphatic heterocycles. The number of esters is 2. The number of rotatable bonds is 6. The fraction of sp³-hybridized carbons (Fsp3) is 0.800. The van der Waals surface area contributed by atoms with E-state index in [0.717, 1.165) is 12.8 Å². The number of ether oxygens (including phenoxy) is 2. The predicted molar refractivity (Wildman–Crippen MR) is 56.1 cm³/mol. The summed E-state index contributed by atoms with van der Waals surface area (Å²) in [4.78, 5) is 23.2. The van der Waals surface area contributed by atoms with E-state index < -0.39 is 18.0 Å². The van der Waals surface area contributed by atoms with Crippen molar-refractivity contribution in [2.45, 2.75) is 38.8 Å². The molecule has 0 unspecified atom stereocenters. The van der Waals surface area contributed by atoms with Gasteiger partial charge in [-0.3, -0.25) is 5.84 Å². The Balaban J connectivity index is 2.66. The van der Waals surface area contributed by atoms with Gasteiger partial charge in [0.05, 0.1) is 13.2 Å². The quantitative estimate of drug-likeness (QED) is 0.295. The van der Waals surface area contributed by atoms with Gasteiger partial charge in [-0.05, 0) is 26.7 Å². The molecular formula is C10H18N2O4. The first-order chi connectivity index (χ1) is 7.61. The minimum Gasteiger partial charge on any atom is -0.464 e. The number of carbonyl (C=O) groups excluding carboxylic acids is 2. The molecule has 1 saturated carbocycles. The third kappa shape index (κ3) is 3.18. The molecule has 1 rings (SSSR count). The van der Waals surface area contributed by atoms with Gasteiger partial charge in [-0.2, -0.15) is 0 Å². The lowest BCUT2D eigenvalue weighted by atomic mass is 10.3. The molecule has 0 aromatic rings. The summed E-state index contributed by atoms with van der Waals surface area (Å²) in [5.74, 6) is 4.43. The first kappa shape index (κ1) is 12.9. The standard InChI is InChI=1S/C10H18N2O4/c1-3-15-9(13)8(10(14)16-4-2)12(11)7-5-6-7/h7-8H,3-6,11H2,1-2H3. The first-order valence-electron chi connectivity index (χ1n) is 5.48. The highest BCUT2D eigenvalue weighted by Crippen LogP contribution is 2.26. The van der Waals surface area contributed by atoms with Crippen LogP contribution in [0.5, 0.6) is 0 Å². The molecule has 0 heterocycles. The molecule has 0 spiro atoms. The largest absolute Gasteiger partial charge is 0.464 e. The summed E-state index contributed by atoms with van der Waals surface area (Å²) in [7, 11) is 0. The zero-order chi connectivity index (χ0) is 12.1. The lowest BCUT2D eigenvalue weighted by molar-refractivity contribution is -0.164. The molecule has 0 radical (unpaired) electrons. The van der Waals surface area contributed by atoms with E-state index >= 15 is 0 Å². The van der Waals surface area contributed by atoms with Crippen LogP contribution in [0.15, 0.2) is 0 Å². The fourth-order valence-electron chi connectivity index (χ4n) is 1.37. The topological polar surface area (TPSA) is 81.9 Å². The molecule has 0 bridgehead atoms. The Bertz CT molecular complexity index is 248. The maximum Gasteiger partial charge on any atom is 0.336 e. The zero-order valence-electron chi connectivity index (χ0n) is 9.64. The minimum absolute atomic E-state index is 0.0822. The third-order valence-electron chi connectivity index (χ3n) is 2.29. The van der Waals surface area contributed by atoms with Crippen molar-refractivity contribution in [2.75, 3.05) is 13.2 Å². The van der Waals surface area contributed by atoms with Gasteiger partial charge in [-0.1, -0.05) is 0 Å². The monoisotopic (exact) mass is 230 g/mol. The maximum atomic E-state index is 11.6. The lowest BCUT2D eigenvalue weighted by Crippen LogP contribution is -2.53. The van der Waals surface area contributed by atoms with Crippen LogP contribution in [0.2, 0.25) is 0 Å². The number of hydrazine groups is 1. The van der Waals surface area contributed by atoms with Crippen LogP contribution < -0.4 is 5.84 Å². The molecule has 92 valence electrons. The predicted octanol–water partition coefficient (Wildman–Crippen LogP) is -0.181. The summed E-state index contributed by atoms with van der Waals surface area (Å²) in [6, 6.07) is -1.05. The highest BCUT2D eigenvalue weighted by Gasteiger charge is 2.41. The molecule has 6 nitrogen and oxygen atoms in total. The van der Waals surface area contributed by atoms with Crippen molar-refractivity contribution in [3.05, 3.63) is 0 Å². The lowest BCUT2D eigenvalue weighted by Gasteiger charge is -2.23. The molecule has 2 N–H and O–H groups in total. The summed E-state index contributed by atoms with van der Waals surface area (Å²) < 4.78 is 9.62. The summed E-state index contributed by atoms with van der Waals surface area (Å²) in [5.41, 5.74) is 0. The van der Waals surface area contributed by atoms with Crippen LogP contribution in [-0.2, 0) is 19.1 Å². The van der Waals surface area contributed by atoms with Gasteiger partial charge < -0.3 is 9.47 Å². The Hall–Kier alpha value is -1.14. The van der Waals surface area contributed by atoms with Gasteiger partial charge in [-0.25, -0.2) is 14.6 Å². The summed E-state index contributed by atoms with van der Waals surface area (Å²) in [5, 5.41) is 1.25. The number of nitrogens with two attached hydrogens (primary N) is 1. The molecule has 0 aromatic carbocycles. The molecule has 0 aromatic heterocycles. The molecule has 0 saturated heterocycles. The van der Waals surface area contributed by atoms with E-state index in [1.165, 1.54) is 5.01 Å². The number of nitrogens with zero attached hydrogens (tertiary/aromatic N) is 1. The smallest absolute Gasteiger partial charge is 0.336 e. The van der Waals surface area contributed by atoms with Crippen molar-refractivity contribution < 1.29 is 19.1 Å². The van der Waals surface area contributed by atoms with Crippen molar-refractivity contribution in [1.82, 2.24) is 5.01 Å². The van der Waals surface area contributed by atoms with Crippen LogP contribution in [0.3, 0.4) is 0 Å². The summed E-state index contributed by atoms with van der Waals surface area (Å²) in [6.45, 7) is 3.79. The van der Waals surface area contributed by atoms with Gasteiger partial charge in [0.15, 0.2) is 0 Å². The van der Waals surface area contributed by atoms with Gasteiger partial charge in [0.1, 0.15) is 0 Å². The number of hydrogen-bond acceptors (Lipinski definition) is 6. The molecule has 1 fully saturated rings. The highest BCUT2D eigenvalue weighted by molar-refractivity contribution is 5.99. The van der Waals surface area contributed by atoms with E-state index in [4.69, 9.17) is 15.3 Å². The molecule has 1 aliphatic rings. The van der Waals surface area contributed by atoms with E-state index in [0.29, 0.717) is 0 Å². The average molecular weight is 230 g/mol. The Morgan fingerprint density at radius 1 is 1.25 bits per heavy atom. The van der Waals surface area contributed by atoms with E-state index in [2.05, 4.69) is 0 Å². The highest BCUT2D eigenvalue weighted by atomic mass is 16.6. The minimum atomic E-state index is -1.13. The van der Waals surface area contributed by atoms with Crippen LogP contribution in [0.25, 0.3) is 0 Å². The van der Waals surface area contributed by atoms with Gasteiger partial charge in [0.2, 0.25) is 6.04 Å². The molecule has 6 heteroatoms. The molecule has 0 atom stereocenters. The Morgan fingerprint density at radius 3 is 2.00 bits per heavy atom. The SMILES string of the molecule is CCOC(=O)C(C(=O)OCC)N(N)C1CC1. The van der Waals surface area contributed by atoms with Crippen molar-refractivity contribution in [3.63, 3.8) is 0 Å². The molecule has 0 amide bonds. The normalized spacial score (nSPS) is 15.3. The second-order valence-electron chi connectivity index (χ2n) is 3.59. The molecule has 1 aliphatic carbocycles. The first-order valence-corrected chi connectivity index (χ1v) is 5.48. The third-order valence-corrected chi connectivity index (χ3v) is 2.29. The number of hydrogen-bond donors (Lipinski definition) is 1. The molecular weight excluding hydrogens is 212 g/mol. The average Bonchev–Trinajstić information content (AvgIpc) is 3.01. The van der Waals surface area contributed by atoms with Crippen molar-refractivity contribution >= 4 is 11.9 Å². The molecule has 16 heavy (non-hydrogen) atoms. The van der Waals surface area contributed by atoms with Gasteiger partial charge in [0.25, 0.3) is 0 Å². The van der Waals surface area contributed by atoms with Crippen molar-refractivity contribution in [2.24, 2.45) is 5.84 Å².